The van der Waals surface area contributed by atoms with E-state index in [4.69, 9.17) is 17.3 Å². The van der Waals surface area contributed by atoms with E-state index in [0.29, 0.717) is 23.6 Å². The molecule has 0 bridgehead atoms. The Kier molecular flexibility index (Phi) is 4.06. The van der Waals surface area contributed by atoms with E-state index in [9.17, 15) is 13.5 Å². The fourth-order valence-corrected chi connectivity index (χ4v) is 4.53. The second kappa shape index (κ2) is 5.28. The first-order valence-electron chi connectivity index (χ1n) is 6.06. The summed E-state index contributed by atoms with van der Waals surface area (Å²) in [4.78, 5) is 0.162. The number of benzene rings is 1. The van der Waals surface area contributed by atoms with Crippen molar-refractivity contribution in [1.29, 1.82) is 0 Å². The lowest BCUT2D eigenvalue weighted by atomic mass is 10.2. The van der Waals surface area contributed by atoms with E-state index in [0.717, 1.165) is 6.42 Å². The highest BCUT2D eigenvalue weighted by Crippen LogP contribution is 2.31. The van der Waals surface area contributed by atoms with E-state index in [1.165, 1.54) is 10.4 Å². The third-order valence-electron chi connectivity index (χ3n) is 3.41. The van der Waals surface area contributed by atoms with E-state index in [1.807, 2.05) is 0 Å². The molecule has 1 aliphatic rings. The maximum absolute atomic E-state index is 12.6. The number of anilines is 1. The molecule has 2 rings (SSSR count). The molecule has 0 amide bonds. The molecule has 0 aliphatic carbocycles. The summed E-state index contributed by atoms with van der Waals surface area (Å²) < 4.78 is 26.6. The van der Waals surface area contributed by atoms with Crippen molar-refractivity contribution in [2.75, 3.05) is 18.9 Å². The van der Waals surface area contributed by atoms with Gasteiger partial charge in [0.2, 0.25) is 10.0 Å². The Morgan fingerprint density at radius 2 is 2.21 bits per heavy atom. The predicted molar refractivity (Wildman–Crippen MR) is 74.6 cm³/mol. The maximum Gasteiger partial charge on any atom is 0.243 e. The highest BCUT2D eigenvalue weighted by Gasteiger charge is 2.35. The molecular formula is C12H17ClN2O3S. The van der Waals surface area contributed by atoms with Crippen molar-refractivity contribution in [2.24, 2.45) is 0 Å². The highest BCUT2D eigenvalue weighted by molar-refractivity contribution is 7.89. The second-order valence-corrected chi connectivity index (χ2v) is 7.00. The van der Waals surface area contributed by atoms with Gasteiger partial charge in [0.1, 0.15) is 0 Å². The Labute approximate surface area is 118 Å². The predicted octanol–water partition coefficient (Wildman–Crippen LogP) is 1.38. The number of aryl methyl sites for hydroxylation is 1. The van der Waals surface area contributed by atoms with Gasteiger partial charge in [-0.3, -0.25) is 0 Å². The van der Waals surface area contributed by atoms with Gasteiger partial charge >= 0.3 is 0 Å². The minimum absolute atomic E-state index is 0.162. The lowest BCUT2D eigenvalue weighted by molar-refractivity contribution is 0.213. The quantitative estimate of drug-likeness (QED) is 0.826. The van der Waals surface area contributed by atoms with Gasteiger partial charge in [0.05, 0.1) is 22.2 Å². The van der Waals surface area contributed by atoms with Gasteiger partial charge in [-0.25, -0.2) is 8.42 Å². The smallest absolute Gasteiger partial charge is 0.243 e. The molecular weight excluding hydrogens is 288 g/mol. The highest BCUT2D eigenvalue weighted by atomic mass is 35.5. The Bertz CT molecular complexity index is 589. The Morgan fingerprint density at radius 3 is 2.84 bits per heavy atom. The Hall–Kier alpha value is -0.820. The molecule has 3 N–H and O–H groups in total. The summed E-state index contributed by atoms with van der Waals surface area (Å²) >= 11 is 5.88. The second-order valence-electron chi connectivity index (χ2n) is 4.73. The van der Waals surface area contributed by atoms with Crippen LogP contribution in [0.25, 0.3) is 0 Å². The Balaban J connectivity index is 2.48. The average molecular weight is 305 g/mol. The molecule has 1 aromatic carbocycles. The summed E-state index contributed by atoms with van der Waals surface area (Å²) in [6.45, 7) is 1.94. The van der Waals surface area contributed by atoms with Crippen molar-refractivity contribution < 1.29 is 13.5 Å². The lowest BCUT2D eigenvalue weighted by Gasteiger charge is -2.23. The molecule has 106 valence electrons. The van der Waals surface area contributed by atoms with Crippen LogP contribution in [0.15, 0.2) is 17.0 Å². The third kappa shape index (κ3) is 2.58. The van der Waals surface area contributed by atoms with E-state index < -0.39 is 10.0 Å². The maximum atomic E-state index is 12.6. The van der Waals surface area contributed by atoms with Gasteiger partial charge in [-0.1, -0.05) is 11.6 Å². The fourth-order valence-electron chi connectivity index (χ4n) is 2.38. The number of halogens is 1. The van der Waals surface area contributed by atoms with Gasteiger partial charge < -0.3 is 10.8 Å². The Morgan fingerprint density at radius 1 is 1.53 bits per heavy atom. The molecule has 1 unspecified atom stereocenters. The molecule has 1 aliphatic heterocycles. The van der Waals surface area contributed by atoms with Crippen LogP contribution in [0.1, 0.15) is 18.4 Å². The first kappa shape index (κ1) is 14.6. The van der Waals surface area contributed by atoms with E-state index in [1.54, 1.807) is 13.0 Å². The zero-order valence-corrected chi connectivity index (χ0v) is 12.2. The monoisotopic (exact) mass is 304 g/mol. The van der Waals surface area contributed by atoms with Gasteiger partial charge in [0, 0.05) is 12.6 Å². The van der Waals surface area contributed by atoms with Crippen molar-refractivity contribution in [3.8, 4) is 0 Å². The van der Waals surface area contributed by atoms with Crippen LogP contribution < -0.4 is 5.73 Å². The van der Waals surface area contributed by atoms with Crippen molar-refractivity contribution in [2.45, 2.75) is 30.7 Å². The minimum atomic E-state index is -3.64. The molecule has 1 heterocycles. The minimum Gasteiger partial charge on any atom is -0.397 e. The van der Waals surface area contributed by atoms with E-state index in [2.05, 4.69) is 0 Å². The first-order valence-corrected chi connectivity index (χ1v) is 7.88. The van der Waals surface area contributed by atoms with E-state index in [-0.39, 0.29) is 23.2 Å². The van der Waals surface area contributed by atoms with Crippen molar-refractivity contribution >= 4 is 27.3 Å². The number of aliphatic hydroxyl groups excluding tert-OH is 1. The number of aliphatic hydroxyl groups is 1. The van der Waals surface area contributed by atoms with Crippen LogP contribution in [0.4, 0.5) is 5.69 Å². The lowest BCUT2D eigenvalue weighted by Crippen LogP contribution is -2.37. The van der Waals surface area contributed by atoms with Crippen LogP contribution in [0, 0.1) is 6.92 Å². The van der Waals surface area contributed by atoms with Crippen LogP contribution >= 0.6 is 11.6 Å². The van der Waals surface area contributed by atoms with Crippen LogP contribution in [0.3, 0.4) is 0 Å². The van der Waals surface area contributed by atoms with Gasteiger partial charge in [-0.2, -0.15) is 4.31 Å². The number of hydrogen-bond acceptors (Lipinski definition) is 4. The summed E-state index contributed by atoms with van der Waals surface area (Å²) in [7, 11) is -3.64. The summed E-state index contributed by atoms with van der Waals surface area (Å²) in [5.41, 5.74) is 6.49. The molecule has 0 aromatic heterocycles. The summed E-state index contributed by atoms with van der Waals surface area (Å²) in [6.07, 6.45) is 1.43. The molecule has 19 heavy (non-hydrogen) atoms. The SMILES string of the molecule is Cc1cc(Cl)c(N)cc1S(=O)(=O)N1CCCC1CO. The number of nitrogens with zero attached hydrogens (tertiary/aromatic N) is 1. The van der Waals surface area contributed by atoms with Crippen LogP contribution in [-0.4, -0.2) is 37.0 Å². The number of sulfonamides is 1. The van der Waals surface area contributed by atoms with E-state index >= 15 is 0 Å². The van der Waals surface area contributed by atoms with Crippen LogP contribution in [0.2, 0.25) is 5.02 Å². The first-order chi connectivity index (χ1) is 8.87. The van der Waals surface area contributed by atoms with Crippen LogP contribution in [0.5, 0.6) is 0 Å². The standard InChI is InChI=1S/C12H17ClN2O3S/c1-8-5-10(13)11(14)6-12(8)19(17,18)15-4-2-3-9(15)7-16/h5-6,9,16H,2-4,7,14H2,1H3. The van der Waals surface area contributed by atoms with Gasteiger partial charge in [0.15, 0.2) is 0 Å². The van der Waals surface area contributed by atoms with Gasteiger partial charge in [-0.15, -0.1) is 0 Å². The van der Waals surface area contributed by atoms with Gasteiger partial charge in [0.25, 0.3) is 0 Å². The zero-order valence-electron chi connectivity index (χ0n) is 10.6. The molecule has 5 nitrogen and oxygen atoms in total. The number of nitrogen functional groups attached to an aromatic ring is 1. The molecule has 1 fully saturated rings. The molecule has 1 atom stereocenters. The van der Waals surface area contributed by atoms with Crippen molar-refractivity contribution in [3.05, 3.63) is 22.7 Å². The summed E-state index contributed by atoms with van der Waals surface area (Å²) in [5, 5.41) is 9.61. The largest absolute Gasteiger partial charge is 0.397 e. The molecule has 1 saturated heterocycles. The molecule has 0 spiro atoms. The number of nitrogens with two attached hydrogens (primary N) is 1. The molecule has 0 saturated carbocycles. The molecule has 7 heteroatoms. The topological polar surface area (TPSA) is 83.6 Å². The molecule has 0 radical (unpaired) electrons. The normalized spacial score (nSPS) is 20.9. The third-order valence-corrected chi connectivity index (χ3v) is 5.84. The van der Waals surface area contributed by atoms with Crippen LogP contribution in [-0.2, 0) is 10.0 Å². The number of hydrogen-bond donors (Lipinski definition) is 2. The molecule has 1 aromatic rings. The van der Waals surface area contributed by atoms with Gasteiger partial charge in [-0.05, 0) is 37.5 Å². The zero-order chi connectivity index (χ0) is 14.2. The fraction of sp³-hybridized carbons (Fsp3) is 0.500. The summed E-state index contributed by atoms with van der Waals surface area (Å²) in [6, 6.07) is 2.59. The number of rotatable bonds is 3. The average Bonchev–Trinajstić information content (AvgIpc) is 2.82. The van der Waals surface area contributed by atoms with Crippen molar-refractivity contribution in [1.82, 2.24) is 4.31 Å². The summed E-state index contributed by atoms with van der Waals surface area (Å²) in [5.74, 6) is 0. The van der Waals surface area contributed by atoms with Crippen molar-refractivity contribution in [3.63, 3.8) is 0 Å².